The van der Waals surface area contributed by atoms with Crippen molar-refractivity contribution >= 4 is 17.5 Å². The Labute approximate surface area is 203 Å². The summed E-state index contributed by atoms with van der Waals surface area (Å²) in [6, 6.07) is 7.37. The van der Waals surface area contributed by atoms with Crippen molar-refractivity contribution in [1.29, 1.82) is 0 Å². The molecule has 4 rings (SSSR count). The number of benzene rings is 1. The lowest BCUT2D eigenvalue weighted by Crippen LogP contribution is -2.46. The Hall–Kier alpha value is -2.03. The van der Waals surface area contributed by atoms with Crippen LogP contribution in [0.25, 0.3) is 11.1 Å². The molecule has 0 unspecified atom stereocenters. The molecule has 0 spiro atoms. The van der Waals surface area contributed by atoms with E-state index in [2.05, 4.69) is 18.7 Å². The van der Waals surface area contributed by atoms with Gasteiger partial charge in [0.05, 0.1) is 13.2 Å². The maximum Gasteiger partial charge on any atom is 0.431 e. The summed E-state index contributed by atoms with van der Waals surface area (Å²) >= 11 is 6.00. The smallest absolute Gasteiger partial charge is 0.379 e. The van der Waals surface area contributed by atoms with Crippen LogP contribution >= 0.6 is 11.6 Å². The first kappa shape index (κ1) is 25.1. The van der Waals surface area contributed by atoms with Crippen molar-refractivity contribution in [2.45, 2.75) is 38.9 Å². The highest BCUT2D eigenvalue weighted by Crippen LogP contribution is 2.46. The number of carbonyl (C=O) groups is 1. The Morgan fingerprint density at radius 3 is 2.32 bits per heavy atom. The van der Waals surface area contributed by atoms with Gasteiger partial charge in [0, 0.05) is 49.9 Å². The van der Waals surface area contributed by atoms with E-state index in [0.29, 0.717) is 48.7 Å². The lowest BCUT2D eigenvalue weighted by molar-refractivity contribution is -0.143. The molecule has 1 aromatic carbocycles. The van der Waals surface area contributed by atoms with Gasteiger partial charge in [0.25, 0.3) is 5.91 Å². The van der Waals surface area contributed by atoms with Crippen molar-refractivity contribution in [2.24, 2.45) is 5.41 Å². The lowest BCUT2D eigenvalue weighted by Gasteiger charge is -2.37. The fourth-order valence-corrected chi connectivity index (χ4v) is 4.96. The first-order valence-corrected chi connectivity index (χ1v) is 12.0. The van der Waals surface area contributed by atoms with Gasteiger partial charge in [0.1, 0.15) is 11.4 Å². The number of amides is 1. The zero-order valence-electron chi connectivity index (χ0n) is 19.8. The summed E-state index contributed by atoms with van der Waals surface area (Å²) in [5, 5.41) is 0.483. The number of ether oxygens (including phenoxy) is 1. The molecule has 5 nitrogen and oxygen atoms in total. The molecule has 1 aliphatic carbocycles. The minimum Gasteiger partial charge on any atom is -0.379 e. The van der Waals surface area contributed by atoms with Gasteiger partial charge in [0.2, 0.25) is 0 Å². The maximum atomic E-state index is 14.0. The van der Waals surface area contributed by atoms with Gasteiger partial charge in [-0.2, -0.15) is 13.2 Å². The third-order valence-corrected chi connectivity index (χ3v) is 6.62. The molecule has 1 amide bonds. The van der Waals surface area contributed by atoms with Crippen LogP contribution < -0.4 is 0 Å². The van der Waals surface area contributed by atoms with Crippen LogP contribution in [0.5, 0.6) is 0 Å². The van der Waals surface area contributed by atoms with E-state index in [1.807, 2.05) is 0 Å². The SMILES string of the molecule is CN(CC(C)(C)CN1CCOCC1)C(=O)c1c(-c2ccc(Cl)cc2)cc(C(F)(F)F)n1C1CC1. The molecule has 1 aromatic heterocycles. The third kappa shape index (κ3) is 5.61. The number of rotatable bonds is 7. The van der Waals surface area contributed by atoms with Crippen LogP contribution in [0.4, 0.5) is 13.2 Å². The van der Waals surface area contributed by atoms with E-state index in [9.17, 15) is 18.0 Å². The molecule has 186 valence electrons. The molecule has 2 heterocycles. The average molecular weight is 498 g/mol. The summed E-state index contributed by atoms with van der Waals surface area (Å²) in [6.45, 7) is 8.38. The fourth-order valence-electron chi connectivity index (χ4n) is 4.83. The predicted molar refractivity (Wildman–Crippen MR) is 126 cm³/mol. The summed E-state index contributed by atoms with van der Waals surface area (Å²) in [5.74, 6) is -0.401. The Morgan fingerprint density at radius 2 is 1.76 bits per heavy atom. The highest BCUT2D eigenvalue weighted by molar-refractivity contribution is 6.30. The van der Waals surface area contributed by atoms with E-state index in [0.717, 1.165) is 25.7 Å². The molecule has 0 atom stereocenters. The Morgan fingerprint density at radius 1 is 1.15 bits per heavy atom. The zero-order valence-corrected chi connectivity index (χ0v) is 20.5. The van der Waals surface area contributed by atoms with Gasteiger partial charge in [-0.25, -0.2) is 0 Å². The summed E-state index contributed by atoms with van der Waals surface area (Å²) in [4.78, 5) is 17.6. The normalized spacial score (nSPS) is 17.7. The van der Waals surface area contributed by atoms with Crippen molar-refractivity contribution in [2.75, 3.05) is 46.4 Å². The zero-order chi connectivity index (χ0) is 24.7. The molecule has 0 radical (unpaired) electrons. The van der Waals surface area contributed by atoms with E-state index in [-0.39, 0.29) is 17.2 Å². The molecule has 1 saturated carbocycles. The summed E-state index contributed by atoms with van der Waals surface area (Å²) < 4.78 is 48.7. The van der Waals surface area contributed by atoms with Crippen LogP contribution in [-0.2, 0) is 10.9 Å². The molecule has 1 aliphatic heterocycles. The quantitative estimate of drug-likeness (QED) is 0.500. The van der Waals surface area contributed by atoms with Crippen molar-refractivity contribution in [3.63, 3.8) is 0 Å². The van der Waals surface area contributed by atoms with Crippen LogP contribution in [0.2, 0.25) is 5.02 Å². The van der Waals surface area contributed by atoms with Gasteiger partial charge in [-0.15, -0.1) is 0 Å². The maximum absolute atomic E-state index is 14.0. The van der Waals surface area contributed by atoms with Gasteiger partial charge in [-0.1, -0.05) is 37.6 Å². The number of carbonyl (C=O) groups excluding carboxylic acids is 1. The fraction of sp³-hybridized carbons (Fsp3) is 0.560. The number of hydrogen-bond acceptors (Lipinski definition) is 3. The van der Waals surface area contributed by atoms with Crippen molar-refractivity contribution in [1.82, 2.24) is 14.4 Å². The Balaban J connectivity index is 1.68. The Bertz CT molecular complexity index is 1020. The monoisotopic (exact) mass is 497 g/mol. The molecule has 2 aromatic rings. The van der Waals surface area contributed by atoms with Crippen LogP contribution in [0.15, 0.2) is 30.3 Å². The Kier molecular flexibility index (Phi) is 7.04. The number of hydrogen-bond donors (Lipinski definition) is 0. The van der Waals surface area contributed by atoms with Crippen LogP contribution in [-0.4, -0.2) is 66.7 Å². The van der Waals surface area contributed by atoms with Gasteiger partial charge >= 0.3 is 6.18 Å². The second-order valence-electron chi connectivity index (χ2n) is 10.1. The largest absolute Gasteiger partial charge is 0.431 e. The second kappa shape index (κ2) is 9.55. The molecule has 2 aliphatic rings. The molecule has 1 saturated heterocycles. The highest BCUT2D eigenvalue weighted by Gasteiger charge is 2.43. The van der Waals surface area contributed by atoms with Crippen molar-refractivity contribution < 1.29 is 22.7 Å². The second-order valence-corrected chi connectivity index (χ2v) is 10.5. The molecule has 0 N–H and O–H groups in total. The van der Waals surface area contributed by atoms with Gasteiger partial charge in [-0.3, -0.25) is 9.69 Å². The minimum absolute atomic E-state index is 0.0989. The summed E-state index contributed by atoms with van der Waals surface area (Å²) in [7, 11) is 1.67. The van der Waals surface area contributed by atoms with Crippen molar-refractivity contribution in [3.8, 4) is 11.1 Å². The van der Waals surface area contributed by atoms with Gasteiger partial charge < -0.3 is 14.2 Å². The van der Waals surface area contributed by atoms with Crippen LogP contribution in [0, 0.1) is 5.41 Å². The number of morpholine rings is 1. The predicted octanol–water partition coefficient (Wildman–Crippen LogP) is 5.59. The average Bonchev–Trinajstić information content (AvgIpc) is 3.52. The molecule has 9 heteroatoms. The standard InChI is InChI=1S/C25H31ClF3N3O2/c1-24(2,16-31-10-12-34-13-11-31)15-30(3)23(33)22-20(17-4-6-18(26)7-5-17)14-21(25(27,28)29)32(22)19-8-9-19/h4-7,14,19H,8-13,15-16H2,1-3H3. The van der Waals surface area contributed by atoms with E-state index >= 15 is 0 Å². The molecular formula is C25H31ClF3N3O2. The molecule has 34 heavy (non-hydrogen) atoms. The van der Waals surface area contributed by atoms with Crippen LogP contribution in [0.3, 0.4) is 0 Å². The van der Waals surface area contributed by atoms with Crippen molar-refractivity contribution in [3.05, 3.63) is 46.7 Å². The van der Waals surface area contributed by atoms with Gasteiger partial charge in [0.15, 0.2) is 0 Å². The highest BCUT2D eigenvalue weighted by atomic mass is 35.5. The van der Waals surface area contributed by atoms with E-state index < -0.39 is 17.8 Å². The summed E-state index contributed by atoms with van der Waals surface area (Å²) in [6.07, 6.45) is -3.30. The van der Waals surface area contributed by atoms with E-state index in [4.69, 9.17) is 16.3 Å². The number of alkyl halides is 3. The number of halogens is 4. The molecule has 2 fully saturated rings. The van der Waals surface area contributed by atoms with E-state index in [1.54, 1.807) is 36.2 Å². The first-order chi connectivity index (χ1) is 16.0. The lowest BCUT2D eigenvalue weighted by atomic mass is 9.91. The van der Waals surface area contributed by atoms with E-state index in [1.165, 1.54) is 4.57 Å². The van der Waals surface area contributed by atoms with Gasteiger partial charge in [-0.05, 0) is 42.0 Å². The summed E-state index contributed by atoms with van der Waals surface area (Å²) in [5.41, 5.74) is -0.0880. The first-order valence-electron chi connectivity index (χ1n) is 11.6. The molecular weight excluding hydrogens is 467 g/mol. The van der Waals surface area contributed by atoms with Crippen LogP contribution in [0.1, 0.15) is 48.9 Å². The third-order valence-electron chi connectivity index (χ3n) is 6.36. The topological polar surface area (TPSA) is 37.7 Å². The number of nitrogens with zero attached hydrogens (tertiary/aromatic N) is 3. The number of aromatic nitrogens is 1. The minimum atomic E-state index is -4.56. The molecule has 0 bridgehead atoms.